The lowest BCUT2D eigenvalue weighted by molar-refractivity contribution is 0.418. The van der Waals surface area contributed by atoms with Crippen LogP contribution in [0.4, 0.5) is 5.69 Å². The van der Waals surface area contributed by atoms with Gasteiger partial charge < -0.3 is 10.2 Å². The maximum atomic E-state index is 3.20. The van der Waals surface area contributed by atoms with Crippen molar-refractivity contribution in [3.8, 4) is 0 Å². The van der Waals surface area contributed by atoms with Gasteiger partial charge in [-0.3, -0.25) is 0 Å². The van der Waals surface area contributed by atoms with Crippen LogP contribution in [0, 0.1) is 0 Å². The second-order valence-corrected chi connectivity index (χ2v) is 5.27. The van der Waals surface area contributed by atoms with Gasteiger partial charge in [0.05, 0.1) is 0 Å². The van der Waals surface area contributed by atoms with Crippen LogP contribution in [0.25, 0.3) is 0 Å². The van der Waals surface area contributed by atoms with Crippen molar-refractivity contribution in [2.45, 2.75) is 51.6 Å². The maximum absolute atomic E-state index is 3.20. The fraction of sp³-hybridized carbons (Fsp3) is 0.625. The van der Waals surface area contributed by atoms with Gasteiger partial charge >= 0.3 is 0 Å². The molecule has 0 heterocycles. The van der Waals surface area contributed by atoms with E-state index in [0.717, 1.165) is 19.1 Å². The highest BCUT2D eigenvalue weighted by Crippen LogP contribution is 2.27. The summed E-state index contributed by atoms with van der Waals surface area (Å²) >= 11 is 0. The van der Waals surface area contributed by atoms with E-state index >= 15 is 0 Å². The quantitative estimate of drug-likeness (QED) is 0.854. The van der Waals surface area contributed by atoms with Gasteiger partial charge in [0.1, 0.15) is 0 Å². The third kappa shape index (κ3) is 3.26. The van der Waals surface area contributed by atoms with Crippen LogP contribution in [-0.4, -0.2) is 19.6 Å². The lowest BCUT2D eigenvalue weighted by Crippen LogP contribution is -2.36. The maximum Gasteiger partial charge on any atom is 0.0368 e. The van der Waals surface area contributed by atoms with E-state index in [1.165, 1.54) is 43.4 Å². The summed E-state index contributed by atoms with van der Waals surface area (Å²) in [5.74, 6) is 0. The molecule has 1 saturated carbocycles. The third-order valence-corrected chi connectivity index (χ3v) is 4.01. The Kier molecular flexibility index (Phi) is 5.06. The van der Waals surface area contributed by atoms with E-state index in [2.05, 4.69) is 41.4 Å². The lowest BCUT2D eigenvalue weighted by Gasteiger charge is -2.35. The van der Waals surface area contributed by atoms with Crippen molar-refractivity contribution < 1.29 is 0 Å². The molecule has 1 N–H and O–H groups in total. The molecule has 0 aromatic heterocycles. The highest BCUT2D eigenvalue weighted by atomic mass is 15.2. The molecule has 2 heteroatoms. The Bertz CT molecular complexity index is 339. The SMILES string of the molecule is CCN(c1ccc(CNC)cc1)C1CCCCC1. The summed E-state index contributed by atoms with van der Waals surface area (Å²) in [4.78, 5) is 2.59. The molecule has 0 bridgehead atoms. The van der Waals surface area contributed by atoms with Gasteiger partial charge in [0.2, 0.25) is 0 Å². The first kappa shape index (κ1) is 13.4. The van der Waals surface area contributed by atoms with E-state index in [1.54, 1.807) is 0 Å². The molecular weight excluding hydrogens is 220 g/mol. The number of hydrogen-bond acceptors (Lipinski definition) is 2. The molecule has 0 atom stereocenters. The lowest BCUT2D eigenvalue weighted by atomic mass is 9.93. The number of benzene rings is 1. The van der Waals surface area contributed by atoms with Crippen LogP contribution in [0.2, 0.25) is 0 Å². The fourth-order valence-corrected chi connectivity index (χ4v) is 3.05. The summed E-state index contributed by atoms with van der Waals surface area (Å²) in [6.07, 6.45) is 6.96. The summed E-state index contributed by atoms with van der Waals surface area (Å²) in [5.41, 5.74) is 2.75. The number of anilines is 1. The third-order valence-electron chi connectivity index (χ3n) is 4.01. The molecule has 0 spiro atoms. The number of nitrogens with one attached hydrogen (secondary N) is 1. The molecule has 0 unspecified atom stereocenters. The molecule has 1 aromatic rings. The zero-order valence-corrected chi connectivity index (χ0v) is 11.8. The molecule has 18 heavy (non-hydrogen) atoms. The summed E-state index contributed by atoms with van der Waals surface area (Å²) in [7, 11) is 1.99. The molecule has 1 fully saturated rings. The van der Waals surface area contributed by atoms with Crippen LogP contribution < -0.4 is 10.2 Å². The van der Waals surface area contributed by atoms with Crippen molar-refractivity contribution in [2.24, 2.45) is 0 Å². The zero-order chi connectivity index (χ0) is 12.8. The minimum Gasteiger partial charge on any atom is -0.369 e. The molecule has 0 aliphatic heterocycles. The molecule has 0 amide bonds. The van der Waals surface area contributed by atoms with Crippen molar-refractivity contribution in [1.29, 1.82) is 0 Å². The molecule has 1 aliphatic carbocycles. The van der Waals surface area contributed by atoms with E-state index in [0.29, 0.717) is 0 Å². The predicted molar refractivity (Wildman–Crippen MR) is 79.1 cm³/mol. The Morgan fingerprint density at radius 2 is 1.78 bits per heavy atom. The molecule has 0 saturated heterocycles. The standard InChI is InChI=1S/C16H26N2/c1-3-18(15-7-5-4-6-8-15)16-11-9-14(10-12-16)13-17-2/h9-12,15,17H,3-8,13H2,1-2H3. The van der Waals surface area contributed by atoms with Crippen molar-refractivity contribution in [3.05, 3.63) is 29.8 Å². The fourth-order valence-electron chi connectivity index (χ4n) is 3.05. The Hall–Kier alpha value is -1.02. The molecule has 100 valence electrons. The first-order chi connectivity index (χ1) is 8.85. The molecule has 2 nitrogen and oxygen atoms in total. The van der Waals surface area contributed by atoms with Gasteiger partial charge in [0, 0.05) is 24.8 Å². The van der Waals surface area contributed by atoms with Gasteiger partial charge in [-0.2, -0.15) is 0 Å². The van der Waals surface area contributed by atoms with Crippen LogP contribution in [0.3, 0.4) is 0 Å². The van der Waals surface area contributed by atoms with Crippen LogP contribution >= 0.6 is 0 Å². The minimum atomic E-state index is 0.763. The Morgan fingerprint density at radius 1 is 1.11 bits per heavy atom. The Labute approximate surface area is 111 Å². The van der Waals surface area contributed by atoms with Gasteiger partial charge in [-0.1, -0.05) is 31.4 Å². The van der Waals surface area contributed by atoms with Gasteiger partial charge in [-0.15, -0.1) is 0 Å². The van der Waals surface area contributed by atoms with E-state index in [-0.39, 0.29) is 0 Å². The second kappa shape index (κ2) is 6.79. The second-order valence-electron chi connectivity index (χ2n) is 5.27. The van der Waals surface area contributed by atoms with Crippen molar-refractivity contribution in [3.63, 3.8) is 0 Å². The minimum absolute atomic E-state index is 0.763. The van der Waals surface area contributed by atoms with Crippen molar-refractivity contribution in [1.82, 2.24) is 5.32 Å². The van der Waals surface area contributed by atoms with Crippen LogP contribution in [0.5, 0.6) is 0 Å². The average molecular weight is 246 g/mol. The summed E-state index contributed by atoms with van der Waals surface area (Å²) in [6.45, 7) is 4.35. The highest BCUT2D eigenvalue weighted by molar-refractivity contribution is 5.48. The molecule has 2 rings (SSSR count). The number of hydrogen-bond donors (Lipinski definition) is 1. The van der Waals surface area contributed by atoms with Crippen molar-refractivity contribution >= 4 is 5.69 Å². The smallest absolute Gasteiger partial charge is 0.0368 e. The first-order valence-electron chi connectivity index (χ1n) is 7.35. The molecule has 1 aliphatic rings. The largest absolute Gasteiger partial charge is 0.369 e. The number of rotatable bonds is 5. The highest BCUT2D eigenvalue weighted by Gasteiger charge is 2.19. The topological polar surface area (TPSA) is 15.3 Å². The summed E-state index contributed by atoms with van der Waals surface area (Å²) in [6, 6.07) is 9.82. The van der Waals surface area contributed by atoms with E-state index < -0.39 is 0 Å². The van der Waals surface area contributed by atoms with E-state index in [4.69, 9.17) is 0 Å². The van der Waals surface area contributed by atoms with Crippen LogP contribution in [0.1, 0.15) is 44.6 Å². The Morgan fingerprint density at radius 3 is 2.33 bits per heavy atom. The van der Waals surface area contributed by atoms with Crippen LogP contribution in [0.15, 0.2) is 24.3 Å². The van der Waals surface area contributed by atoms with Gasteiger partial charge in [-0.25, -0.2) is 0 Å². The first-order valence-corrected chi connectivity index (χ1v) is 7.35. The van der Waals surface area contributed by atoms with E-state index in [9.17, 15) is 0 Å². The summed E-state index contributed by atoms with van der Waals surface area (Å²) in [5, 5.41) is 3.20. The average Bonchev–Trinajstić information content (AvgIpc) is 2.43. The van der Waals surface area contributed by atoms with Crippen molar-refractivity contribution in [2.75, 3.05) is 18.5 Å². The van der Waals surface area contributed by atoms with Gasteiger partial charge in [0.25, 0.3) is 0 Å². The molecule has 0 radical (unpaired) electrons. The molecular formula is C16H26N2. The van der Waals surface area contributed by atoms with Crippen LogP contribution in [-0.2, 0) is 6.54 Å². The predicted octanol–water partition coefficient (Wildman–Crippen LogP) is 3.57. The van der Waals surface area contributed by atoms with E-state index in [1.807, 2.05) is 7.05 Å². The molecule has 1 aromatic carbocycles. The zero-order valence-electron chi connectivity index (χ0n) is 11.8. The Balaban J connectivity index is 2.06. The normalized spacial score (nSPS) is 16.8. The monoisotopic (exact) mass is 246 g/mol. The van der Waals surface area contributed by atoms with Gasteiger partial charge in [0.15, 0.2) is 0 Å². The summed E-state index contributed by atoms with van der Waals surface area (Å²) < 4.78 is 0. The number of nitrogens with zero attached hydrogens (tertiary/aromatic N) is 1. The van der Waals surface area contributed by atoms with Gasteiger partial charge in [-0.05, 0) is 44.5 Å².